The summed E-state index contributed by atoms with van der Waals surface area (Å²) in [6, 6.07) is 3.62. The Hall–Kier alpha value is -1.65. The maximum Gasteiger partial charge on any atom is 0.169 e. The molecule has 0 saturated carbocycles. The van der Waals surface area contributed by atoms with Gasteiger partial charge in [-0.15, -0.1) is 0 Å². The number of ether oxygens (including phenoxy) is 1. The molecule has 1 unspecified atom stereocenters. The molecule has 2 rings (SSSR count). The fourth-order valence-corrected chi connectivity index (χ4v) is 1.82. The number of aliphatic imine (C=N–C) groups is 1. The lowest BCUT2D eigenvalue weighted by Gasteiger charge is -2.25. The lowest BCUT2D eigenvalue weighted by Crippen LogP contribution is -2.32. The van der Waals surface area contributed by atoms with Gasteiger partial charge < -0.3 is 9.64 Å². The van der Waals surface area contributed by atoms with Crippen molar-refractivity contribution >= 4 is 12.1 Å². The third kappa shape index (κ3) is 2.72. The molecule has 1 aromatic rings. The van der Waals surface area contributed by atoms with Crippen LogP contribution in [0.5, 0.6) is 0 Å². The first-order valence-electron chi connectivity index (χ1n) is 5.54. The SMILES string of the molecule is CCN(CC1COC=N1)c1ccc(F)cc1F. The van der Waals surface area contributed by atoms with Gasteiger partial charge in [-0.25, -0.2) is 13.8 Å². The van der Waals surface area contributed by atoms with Gasteiger partial charge in [0.1, 0.15) is 24.3 Å². The average molecular weight is 240 g/mol. The number of hydrogen-bond donors (Lipinski definition) is 0. The second kappa shape index (κ2) is 5.12. The summed E-state index contributed by atoms with van der Waals surface area (Å²) in [5.74, 6) is -1.11. The number of anilines is 1. The van der Waals surface area contributed by atoms with E-state index in [-0.39, 0.29) is 6.04 Å². The van der Waals surface area contributed by atoms with E-state index < -0.39 is 11.6 Å². The van der Waals surface area contributed by atoms with Gasteiger partial charge in [-0.2, -0.15) is 0 Å². The molecule has 0 saturated heterocycles. The number of hydrogen-bond acceptors (Lipinski definition) is 3. The lowest BCUT2D eigenvalue weighted by atomic mass is 10.2. The molecule has 0 N–H and O–H groups in total. The molecule has 1 atom stereocenters. The van der Waals surface area contributed by atoms with Crippen LogP contribution < -0.4 is 4.90 Å². The van der Waals surface area contributed by atoms with Gasteiger partial charge in [-0.05, 0) is 19.1 Å². The van der Waals surface area contributed by atoms with Crippen LogP contribution in [0.1, 0.15) is 6.92 Å². The first-order chi connectivity index (χ1) is 8.20. The molecule has 0 spiro atoms. The van der Waals surface area contributed by atoms with Gasteiger partial charge in [0.25, 0.3) is 0 Å². The molecule has 0 aromatic heterocycles. The molecule has 1 aromatic carbocycles. The van der Waals surface area contributed by atoms with Gasteiger partial charge in [0.05, 0.1) is 5.69 Å². The minimum absolute atomic E-state index is 0.0133. The highest BCUT2D eigenvalue weighted by atomic mass is 19.1. The standard InChI is InChI=1S/C12H14F2N2O/c1-2-16(6-10-7-17-8-15-10)12-4-3-9(13)5-11(12)14/h3-5,8,10H,2,6-7H2,1H3. The van der Waals surface area contributed by atoms with Crippen molar-refractivity contribution in [1.82, 2.24) is 0 Å². The second-order valence-corrected chi connectivity index (χ2v) is 3.88. The van der Waals surface area contributed by atoms with E-state index in [1.165, 1.54) is 18.5 Å². The Morgan fingerprint density at radius 1 is 1.47 bits per heavy atom. The molecular weight excluding hydrogens is 226 g/mol. The molecule has 1 aliphatic heterocycles. The van der Waals surface area contributed by atoms with E-state index in [0.717, 1.165) is 6.07 Å². The molecule has 0 aliphatic carbocycles. The van der Waals surface area contributed by atoms with Crippen molar-refractivity contribution in [3.05, 3.63) is 29.8 Å². The Morgan fingerprint density at radius 2 is 2.29 bits per heavy atom. The van der Waals surface area contributed by atoms with E-state index in [0.29, 0.717) is 25.4 Å². The first-order valence-corrected chi connectivity index (χ1v) is 5.54. The Kier molecular flexibility index (Phi) is 3.56. The van der Waals surface area contributed by atoms with Gasteiger partial charge >= 0.3 is 0 Å². The minimum atomic E-state index is -0.565. The highest BCUT2D eigenvalue weighted by Gasteiger charge is 2.18. The summed E-state index contributed by atoms with van der Waals surface area (Å²) in [6.45, 7) is 3.63. The smallest absolute Gasteiger partial charge is 0.169 e. The quantitative estimate of drug-likeness (QED) is 0.806. The van der Waals surface area contributed by atoms with E-state index in [2.05, 4.69) is 4.99 Å². The van der Waals surface area contributed by atoms with Crippen molar-refractivity contribution in [3.8, 4) is 0 Å². The molecule has 1 aliphatic rings. The number of rotatable bonds is 4. The highest BCUT2D eigenvalue weighted by Crippen LogP contribution is 2.21. The van der Waals surface area contributed by atoms with Crippen molar-refractivity contribution in [2.24, 2.45) is 4.99 Å². The van der Waals surface area contributed by atoms with E-state index in [1.807, 2.05) is 11.8 Å². The fraction of sp³-hybridized carbons (Fsp3) is 0.417. The lowest BCUT2D eigenvalue weighted by molar-refractivity contribution is 0.328. The van der Waals surface area contributed by atoms with Gasteiger partial charge in [0, 0.05) is 19.2 Å². The predicted molar refractivity (Wildman–Crippen MR) is 62.5 cm³/mol. The van der Waals surface area contributed by atoms with Crippen molar-refractivity contribution in [2.45, 2.75) is 13.0 Å². The van der Waals surface area contributed by atoms with Crippen LogP contribution in [0.3, 0.4) is 0 Å². The molecule has 0 radical (unpaired) electrons. The molecule has 17 heavy (non-hydrogen) atoms. The third-order valence-electron chi connectivity index (χ3n) is 2.70. The van der Waals surface area contributed by atoms with Gasteiger partial charge in [0.15, 0.2) is 6.40 Å². The fourth-order valence-electron chi connectivity index (χ4n) is 1.82. The topological polar surface area (TPSA) is 24.8 Å². The normalized spacial score (nSPS) is 18.2. The average Bonchev–Trinajstić information content (AvgIpc) is 2.79. The van der Waals surface area contributed by atoms with Crippen LogP contribution in [0, 0.1) is 11.6 Å². The van der Waals surface area contributed by atoms with Crippen LogP contribution in [-0.2, 0) is 4.74 Å². The summed E-state index contributed by atoms with van der Waals surface area (Å²) in [4.78, 5) is 5.94. The third-order valence-corrected chi connectivity index (χ3v) is 2.70. The van der Waals surface area contributed by atoms with Crippen LogP contribution >= 0.6 is 0 Å². The first kappa shape index (κ1) is 11.8. The van der Waals surface area contributed by atoms with E-state index in [4.69, 9.17) is 4.74 Å². The van der Waals surface area contributed by atoms with Crippen LogP contribution in [-0.4, -0.2) is 32.1 Å². The van der Waals surface area contributed by atoms with Gasteiger partial charge in [-0.3, -0.25) is 0 Å². The van der Waals surface area contributed by atoms with Crippen LogP contribution in [0.25, 0.3) is 0 Å². The highest BCUT2D eigenvalue weighted by molar-refractivity contribution is 5.51. The van der Waals surface area contributed by atoms with Crippen LogP contribution in [0.4, 0.5) is 14.5 Å². The van der Waals surface area contributed by atoms with E-state index in [9.17, 15) is 8.78 Å². The zero-order chi connectivity index (χ0) is 12.3. The molecule has 1 heterocycles. The summed E-state index contributed by atoms with van der Waals surface area (Å²) in [6.07, 6.45) is 1.42. The number of benzene rings is 1. The monoisotopic (exact) mass is 240 g/mol. The second-order valence-electron chi connectivity index (χ2n) is 3.88. The van der Waals surface area contributed by atoms with Crippen molar-refractivity contribution < 1.29 is 13.5 Å². The largest absolute Gasteiger partial charge is 0.481 e. The molecule has 92 valence electrons. The summed E-state index contributed by atoms with van der Waals surface area (Å²) >= 11 is 0. The number of likely N-dealkylation sites (N-methyl/N-ethyl adjacent to an activating group) is 1. The Labute approximate surface area is 98.7 Å². The van der Waals surface area contributed by atoms with Crippen molar-refractivity contribution in [3.63, 3.8) is 0 Å². The van der Waals surface area contributed by atoms with E-state index in [1.54, 1.807) is 0 Å². The van der Waals surface area contributed by atoms with E-state index >= 15 is 0 Å². The molecular formula is C12H14F2N2O. The maximum absolute atomic E-state index is 13.6. The van der Waals surface area contributed by atoms with Gasteiger partial charge in [-0.1, -0.05) is 0 Å². The Morgan fingerprint density at radius 3 is 2.88 bits per heavy atom. The number of nitrogens with zero attached hydrogens (tertiary/aromatic N) is 2. The molecule has 3 nitrogen and oxygen atoms in total. The van der Waals surface area contributed by atoms with Crippen molar-refractivity contribution in [1.29, 1.82) is 0 Å². The van der Waals surface area contributed by atoms with Gasteiger partial charge in [0.2, 0.25) is 0 Å². The Bertz CT molecular complexity index is 423. The summed E-state index contributed by atoms with van der Waals surface area (Å²) in [5, 5.41) is 0. The molecule has 0 bridgehead atoms. The zero-order valence-corrected chi connectivity index (χ0v) is 9.57. The number of halogens is 2. The van der Waals surface area contributed by atoms with Crippen molar-refractivity contribution in [2.75, 3.05) is 24.6 Å². The minimum Gasteiger partial charge on any atom is -0.481 e. The molecule has 0 fully saturated rings. The van der Waals surface area contributed by atoms with Crippen LogP contribution in [0.2, 0.25) is 0 Å². The zero-order valence-electron chi connectivity index (χ0n) is 9.57. The van der Waals surface area contributed by atoms with Crippen LogP contribution in [0.15, 0.2) is 23.2 Å². The Balaban J connectivity index is 2.13. The maximum atomic E-state index is 13.6. The summed E-state index contributed by atoms with van der Waals surface area (Å²) < 4.78 is 31.4. The molecule has 0 amide bonds. The summed E-state index contributed by atoms with van der Waals surface area (Å²) in [7, 11) is 0. The predicted octanol–water partition coefficient (Wildman–Crippen LogP) is 2.22. The summed E-state index contributed by atoms with van der Waals surface area (Å²) in [5.41, 5.74) is 0.399. The molecule has 5 heteroatoms.